The molecule has 9 nitrogen and oxygen atoms in total. The number of aromatic nitrogens is 5. The summed E-state index contributed by atoms with van der Waals surface area (Å²) in [5.74, 6) is 2.02. The average molecular weight is 448 g/mol. The van der Waals surface area contributed by atoms with Crippen molar-refractivity contribution in [3.8, 4) is 34.1 Å². The van der Waals surface area contributed by atoms with Crippen molar-refractivity contribution >= 4 is 17.1 Å². The second kappa shape index (κ2) is 7.24. The molecular weight excluding hydrogens is 434 g/mol. The van der Waals surface area contributed by atoms with Gasteiger partial charge in [0.1, 0.15) is 12.1 Å². The molecule has 0 fully saturated rings. The Morgan fingerprint density at radius 2 is 1.78 bits per heavy atom. The highest BCUT2D eigenvalue weighted by molar-refractivity contribution is 6.30. The Labute approximate surface area is 185 Å². The number of halogens is 1. The lowest BCUT2D eigenvalue weighted by molar-refractivity contribution is 0.174. The van der Waals surface area contributed by atoms with E-state index in [-0.39, 0.29) is 18.9 Å². The molecule has 2 aromatic carbocycles. The first-order valence-corrected chi connectivity index (χ1v) is 10.1. The molecule has 1 aliphatic rings. The normalized spacial score (nSPS) is 12.5. The zero-order valence-corrected chi connectivity index (χ0v) is 17.2. The quantitative estimate of drug-likeness (QED) is 0.415. The molecule has 10 heteroatoms. The first-order valence-electron chi connectivity index (χ1n) is 9.71. The van der Waals surface area contributed by atoms with Crippen LogP contribution in [0.1, 0.15) is 5.89 Å². The predicted octanol–water partition coefficient (Wildman–Crippen LogP) is 3.64. The van der Waals surface area contributed by atoms with Crippen molar-refractivity contribution in [2.75, 3.05) is 6.79 Å². The van der Waals surface area contributed by atoms with Crippen molar-refractivity contribution in [3.05, 3.63) is 82.2 Å². The lowest BCUT2D eigenvalue weighted by atomic mass is 10.1. The Balaban J connectivity index is 1.29. The minimum atomic E-state index is -0.219. The molecule has 3 aromatic heterocycles. The van der Waals surface area contributed by atoms with Gasteiger partial charge < -0.3 is 18.6 Å². The standard InChI is InChI=1S/C22H14ClN5O4/c23-15-4-1-13(2-5-15)16-10-17-22(29)27(7-8-28(17)25-16)11-20-24-21(26-32-20)14-3-6-18-19(9-14)31-12-30-18/h1-10H,11-12H2. The topological polar surface area (TPSA) is 96.7 Å². The summed E-state index contributed by atoms with van der Waals surface area (Å²) < 4.78 is 19.1. The first kappa shape index (κ1) is 18.6. The number of nitrogens with zero attached hydrogens (tertiary/aromatic N) is 5. The summed E-state index contributed by atoms with van der Waals surface area (Å²) in [5, 5.41) is 9.14. The minimum Gasteiger partial charge on any atom is -0.454 e. The third-order valence-corrected chi connectivity index (χ3v) is 5.40. The molecule has 1 aliphatic heterocycles. The second-order valence-electron chi connectivity index (χ2n) is 7.18. The molecule has 0 N–H and O–H groups in total. The molecule has 4 heterocycles. The van der Waals surface area contributed by atoms with Gasteiger partial charge in [-0.25, -0.2) is 4.52 Å². The summed E-state index contributed by atoms with van der Waals surface area (Å²) in [6.45, 7) is 0.324. The molecule has 0 amide bonds. The van der Waals surface area contributed by atoms with E-state index in [2.05, 4.69) is 15.2 Å². The summed E-state index contributed by atoms with van der Waals surface area (Å²) in [5.41, 5.74) is 2.50. The molecule has 0 atom stereocenters. The van der Waals surface area contributed by atoms with E-state index in [0.717, 1.165) is 11.1 Å². The van der Waals surface area contributed by atoms with Gasteiger partial charge in [0.2, 0.25) is 18.5 Å². The SMILES string of the molecule is O=c1c2cc(-c3ccc(Cl)cc3)nn2ccn1Cc1nc(-c2ccc3c(c2)OCO3)no1. The van der Waals surface area contributed by atoms with E-state index in [4.69, 9.17) is 25.6 Å². The molecule has 0 bridgehead atoms. The van der Waals surface area contributed by atoms with Crippen LogP contribution in [0.5, 0.6) is 11.5 Å². The Bertz CT molecular complexity index is 1520. The van der Waals surface area contributed by atoms with Crippen LogP contribution in [-0.4, -0.2) is 31.1 Å². The second-order valence-corrected chi connectivity index (χ2v) is 7.61. The molecule has 0 unspecified atom stereocenters. The number of fused-ring (bicyclic) bond motifs is 2. The fraction of sp³-hybridized carbons (Fsp3) is 0.0909. The molecule has 0 spiro atoms. The van der Waals surface area contributed by atoms with Gasteiger partial charge in [-0.05, 0) is 36.4 Å². The monoisotopic (exact) mass is 447 g/mol. The van der Waals surface area contributed by atoms with Gasteiger partial charge in [0, 0.05) is 28.5 Å². The maximum Gasteiger partial charge on any atom is 0.277 e. The fourth-order valence-electron chi connectivity index (χ4n) is 3.53. The largest absolute Gasteiger partial charge is 0.454 e. The summed E-state index contributed by atoms with van der Waals surface area (Å²) in [6.07, 6.45) is 3.35. The zero-order valence-electron chi connectivity index (χ0n) is 16.4. The molecule has 32 heavy (non-hydrogen) atoms. The van der Waals surface area contributed by atoms with Crippen molar-refractivity contribution in [2.24, 2.45) is 0 Å². The van der Waals surface area contributed by atoms with Gasteiger partial charge in [-0.15, -0.1) is 0 Å². The predicted molar refractivity (Wildman–Crippen MR) is 115 cm³/mol. The first-order chi connectivity index (χ1) is 15.6. The summed E-state index contributed by atoms with van der Waals surface area (Å²) >= 11 is 5.96. The van der Waals surface area contributed by atoms with Crippen LogP contribution in [0.15, 0.2) is 70.2 Å². The molecular formula is C22H14ClN5O4. The summed E-state index contributed by atoms with van der Waals surface area (Å²) in [6, 6.07) is 14.4. The number of hydrogen-bond donors (Lipinski definition) is 0. The van der Waals surface area contributed by atoms with Crippen molar-refractivity contribution in [1.82, 2.24) is 24.3 Å². The Hall–Kier alpha value is -4.11. The molecule has 0 saturated heterocycles. The highest BCUT2D eigenvalue weighted by atomic mass is 35.5. The number of ether oxygens (including phenoxy) is 2. The Morgan fingerprint density at radius 3 is 2.66 bits per heavy atom. The van der Waals surface area contributed by atoms with Gasteiger partial charge in [-0.3, -0.25) is 4.79 Å². The highest BCUT2D eigenvalue weighted by Crippen LogP contribution is 2.35. The van der Waals surface area contributed by atoms with Crippen LogP contribution in [0.3, 0.4) is 0 Å². The van der Waals surface area contributed by atoms with Crippen LogP contribution in [0.4, 0.5) is 0 Å². The molecule has 5 aromatic rings. The van der Waals surface area contributed by atoms with E-state index in [1.807, 2.05) is 18.2 Å². The van der Waals surface area contributed by atoms with E-state index in [9.17, 15) is 4.79 Å². The summed E-state index contributed by atoms with van der Waals surface area (Å²) in [4.78, 5) is 17.4. The lowest BCUT2D eigenvalue weighted by Gasteiger charge is -2.02. The van der Waals surface area contributed by atoms with Crippen LogP contribution in [0.2, 0.25) is 5.02 Å². The van der Waals surface area contributed by atoms with Gasteiger partial charge in [0.05, 0.1) is 5.69 Å². The summed E-state index contributed by atoms with van der Waals surface area (Å²) in [7, 11) is 0. The van der Waals surface area contributed by atoms with Crippen LogP contribution >= 0.6 is 11.6 Å². The average Bonchev–Trinajstić information content (AvgIpc) is 3.55. The highest BCUT2D eigenvalue weighted by Gasteiger charge is 2.17. The zero-order chi connectivity index (χ0) is 21.7. The maximum absolute atomic E-state index is 13.0. The Morgan fingerprint density at radius 1 is 0.969 bits per heavy atom. The lowest BCUT2D eigenvalue weighted by Crippen LogP contribution is -2.21. The fourth-order valence-corrected chi connectivity index (χ4v) is 3.66. The number of benzene rings is 2. The van der Waals surface area contributed by atoms with Crippen LogP contribution in [0.25, 0.3) is 28.2 Å². The van der Waals surface area contributed by atoms with E-state index in [0.29, 0.717) is 39.4 Å². The number of hydrogen-bond acceptors (Lipinski definition) is 7. The van der Waals surface area contributed by atoms with Crippen molar-refractivity contribution in [2.45, 2.75) is 6.54 Å². The van der Waals surface area contributed by atoms with Crippen molar-refractivity contribution in [3.63, 3.8) is 0 Å². The minimum absolute atomic E-state index is 0.133. The maximum atomic E-state index is 13.0. The van der Waals surface area contributed by atoms with Crippen molar-refractivity contribution in [1.29, 1.82) is 0 Å². The molecule has 0 radical (unpaired) electrons. The van der Waals surface area contributed by atoms with Crippen LogP contribution < -0.4 is 15.0 Å². The van der Waals surface area contributed by atoms with Gasteiger partial charge in [0.15, 0.2) is 11.5 Å². The van der Waals surface area contributed by atoms with Gasteiger partial charge in [-0.2, -0.15) is 10.1 Å². The molecule has 0 aliphatic carbocycles. The Kier molecular flexibility index (Phi) is 4.22. The van der Waals surface area contributed by atoms with Crippen molar-refractivity contribution < 1.29 is 14.0 Å². The number of rotatable bonds is 4. The van der Waals surface area contributed by atoms with E-state index in [1.54, 1.807) is 47.2 Å². The van der Waals surface area contributed by atoms with E-state index >= 15 is 0 Å². The molecule has 6 rings (SSSR count). The third-order valence-electron chi connectivity index (χ3n) is 5.15. The third kappa shape index (κ3) is 3.19. The van der Waals surface area contributed by atoms with Gasteiger partial charge >= 0.3 is 0 Å². The molecule has 158 valence electrons. The van der Waals surface area contributed by atoms with Crippen LogP contribution in [0, 0.1) is 0 Å². The van der Waals surface area contributed by atoms with Gasteiger partial charge in [-0.1, -0.05) is 28.9 Å². The van der Waals surface area contributed by atoms with E-state index < -0.39 is 0 Å². The van der Waals surface area contributed by atoms with Crippen LogP contribution in [-0.2, 0) is 6.54 Å². The van der Waals surface area contributed by atoms with Gasteiger partial charge in [0.25, 0.3) is 5.56 Å². The molecule has 0 saturated carbocycles. The smallest absolute Gasteiger partial charge is 0.277 e. The van der Waals surface area contributed by atoms with E-state index in [1.165, 1.54) is 4.57 Å².